The van der Waals surface area contributed by atoms with E-state index in [1.54, 1.807) is 12.1 Å². The zero-order chi connectivity index (χ0) is 19.8. The lowest BCUT2D eigenvalue weighted by atomic mass is 10.0. The van der Waals surface area contributed by atoms with Gasteiger partial charge < -0.3 is 15.5 Å². The lowest BCUT2D eigenvalue weighted by Gasteiger charge is -2.33. The lowest BCUT2D eigenvalue weighted by molar-refractivity contribution is 0.198. The Hall–Kier alpha value is -1.66. The van der Waals surface area contributed by atoms with Crippen molar-refractivity contribution in [2.75, 3.05) is 40.3 Å². The Balaban J connectivity index is 1.33. The summed E-state index contributed by atoms with van der Waals surface area (Å²) in [4.78, 5) is 9.33. The van der Waals surface area contributed by atoms with Gasteiger partial charge in [0, 0.05) is 51.9 Å². The zero-order valence-corrected chi connectivity index (χ0v) is 17.5. The standard InChI is InChI=1S/C22H36FN5/c1-24-22(25-13-16-27(2)21-5-3-4-6-21)26-20-11-14-28(15-12-20)17-18-7-9-19(23)10-8-18/h7-10,20-21H,3-6,11-17H2,1-2H3,(H2,24,25,26). The van der Waals surface area contributed by atoms with Gasteiger partial charge in [0.1, 0.15) is 5.82 Å². The van der Waals surface area contributed by atoms with Crippen molar-refractivity contribution in [2.24, 2.45) is 4.99 Å². The van der Waals surface area contributed by atoms with Gasteiger partial charge in [0.2, 0.25) is 0 Å². The van der Waals surface area contributed by atoms with E-state index < -0.39 is 0 Å². The summed E-state index contributed by atoms with van der Waals surface area (Å²) in [6.45, 7) is 4.98. The Morgan fingerprint density at radius 3 is 2.46 bits per heavy atom. The molecule has 2 fully saturated rings. The predicted molar refractivity (Wildman–Crippen MR) is 114 cm³/mol. The molecular weight excluding hydrogens is 353 g/mol. The highest BCUT2D eigenvalue weighted by Crippen LogP contribution is 2.21. The van der Waals surface area contributed by atoms with Gasteiger partial charge in [-0.15, -0.1) is 0 Å². The number of piperidine rings is 1. The molecule has 0 spiro atoms. The topological polar surface area (TPSA) is 42.9 Å². The molecule has 1 saturated heterocycles. The largest absolute Gasteiger partial charge is 0.355 e. The highest BCUT2D eigenvalue weighted by Gasteiger charge is 2.21. The van der Waals surface area contributed by atoms with Gasteiger partial charge in [-0.3, -0.25) is 9.89 Å². The second kappa shape index (κ2) is 10.8. The van der Waals surface area contributed by atoms with Crippen LogP contribution in [0.5, 0.6) is 0 Å². The molecule has 0 aromatic heterocycles. The quantitative estimate of drug-likeness (QED) is 0.556. The lowest BCUT2D eigenvalue weighted by Crippen LogP contribution is -2.49. The molecule has 0 unspecified atom stereocenters. The van der Waals surface area contributed by atoms with E-state index in [0.717, 1.165) is 57.6 Å². The minimum absolute atomic E-state index is 0.167. The van der Waals surface area contributed by atoms with Crippen molar-refractivity contribution < 1.29 is 4.39 Å². The van der Waals surface area contributed by atoms with Crippen LogP contribution in [0.2, 0.25) is 0 Å². The van der Waals surface area contributed by atoms with Crippen LogP contribution in [0.4, 0.5) is 4.39 Å². The number of nitrogens with one attached hydrogen (secondary N) is 2. The van der Waals surface area contributed by atoms with Crippen LogP contribution in [-0.2, 0) is 6.54 Å². The van der Waals surface area contributed by atoms with Gasteiger partial charge >= 0.3 is 0 Å². The van der Waals surface area contributed by atoms with Crippen molar-refractivity contribution in [3.63, 3.8) is 0 Å². The fraction of sp³-hybridized carbons (Fsp3) is 0.682. The average molecular weight is 390 g/mol. The molecular formula is C22H36FN5. The smallest absolute Gasteiger partial charge is 0.191 e. The third-order valence-corrected chi connectivity index (χ3v) is 6.18. The van der Waals surface area contributed by atoms with Crippen LogP contribution in [0.3, 0.4) is 0 Å². The van der Waals surface area contributed by atoms with Gasteiger partial charge in [-0.2, -0.15) is 0 Å². The third-order valence-electron chi connectivity index (χ3n) is 6.18. The number of likely N-dealkylation sites (N-methyl/N-ethyl adjacent to an activating group) is 1. The summed E-state index contributed by atoms with van der Waals surface area (Å²) in [7, 11) is 4.09. The maximum Gasteiger partial charge on any atom is 0.191 e. The van der Waals surface area contributed by atoms with E-state index in [2.05, 4.69) is 32.5 Å². The van der Waals surface area contributed by atoms with Crippen LogP contribution >= 0.6 is 0 Å². The van der Waals surface area contributed by atoms with Gasteiger partial charge in [-0.05, 0) is 50.4 Å². The number of benzene rings is 1. The van der Waals surface area contributed by atoms with E-state index >= 15 is 0 Å². The van der Waals surface area contributed by atoms with E-state index in [9.17, 15) is 4.39 Å². The van der Waals surface area contributed by atoms with Gasteiger partial charge in [0.15, 0.2) is 5.96 Å². The number of likely N-dealkylation sites (tertiary alicyclic amines) is 1. The van der Waals surface area contributed by atoms with E-state index in [1.807, 2.05) is 19.2 Å². The van der Waals surface area contributed by atoms with Crippen molar-refractivity contribution >= 4 is 5.96 Å². The summed E-state index contributed by atoms with van der Waals surface area (Å²) in [6, 6.07) is 8.08. The monoisotopic (exact) mass is 389 g/mol. The highest BCUT2D eigenvalue weighted by atomic mass is 19.1. The summed E-state index contributed by atoms with van der Waals surface area (Å²) in [6.07, 6.45) is 7.66. The first-order valence-electron chi connectivity index (χ1n) is 10.8. The Labute approximate surface area is 169 Å². The first kappa shape index (κ1) is 21.1. The van der Waals surface area contributed by atoms with Crippen LogP contribution in [0.15, 0.2) is 29.3 Å². The summed E-state index contributed by atoms with van der Waals surface area (Å²) in [5.41, 5.74) is 1.18. The van der Waals surface area contributed by atoms with Gasteiger partial charge in [0.25, 0.3) is 0 Å². The number of aliphatic imine (C=N–C) groups is 1. The Kier molecular flexibility index (Phi) is 8.10. The molecule has 2 N–H and O–H groups in total. The molecule has 2 aliphatic rings. The fourth-order valence-electron chi connectivity index (χ4n) is 4.35. The third kappa shape index (κ3) is 6.45. The van der Waals surface area contributed by atoms with Crippen molar-refractivity contribution in [1.29, 1.82) is 0 Å². The number of hydrogen-bond acceptors (Lipinski definition) is 3. The fourth-order valence-corrected chi connectivity index (χ4v) is 4.35. The molecule has 1 aliphatic carbocycles. The molecule has 1 aliphatic heterocycles. The molecule has 1 saturated carbocycles. The second-order valence-corrected chi connectivity index (χ2v) is 8.24. The number of halogens is 1. The molecule has 1 aromatic carbocycles. The average Bonchev–Trinajstić information content (AvgIpc) is 3.25. The van der Waals surface area contributed by atoms with E-state index in [0.29, 0.717) is 6.04 Å². The zero-order valence-electron chi connectivity index (χ0n) is 17.5. The summed E-state index contributed by atoms with van der Waals surface area (Å²) >= 11 is 0. The summed E-state index contributed by atoms with van der Waals surface area (Å²) in [5, 5.41) is 7.06. The molecule has 6 heteroatoms. The number of nitrogens with zero attached hydrogens (tertiary/aromatic N) is 3. The van der Waals surface area contributed by atoms with Crippen LogP contribution in [0, 0.1) is 5.82 Å². The summed E-state index contributed by atoms with van der Waals surface area (Å²) in [5.74, 6) is 0.747. The normalized spacial score (nSPS) is 20.1. The Bertz CT molecular complexity index is 604. The molecule has 0 radical (unpaired) electrons. The maximum atomic E-state index is 13.0. The molecule has 156 valence electrons. The van der Waals surface area contributed by atoms with Gasteiger partial charge in [-0.25, -0.2) is 4.39 Å². The Morgan fingerprint density at radius 1 is 1.14 bits per heavy atom. The van der Waals surface area contributed by atoms with E-state index in [1.165, 1.54) is 31.2 Å². The summed E-state index contributed by atoms with van der Waals surface area (Å²) < 4.78 is 13.0. The van der Waals surface area contributed by atoms with Crippen molar-refractivity contribution in [3.8, 4) is 0 Å². The predicted octanol–water partition coefficient (Wildman–Crippen LogP) is 2.83. The second-order valence-electron chi connectivity index (χ2n) is 8.24. The SMILES string of the molecule is CN=C(NCCN(C)C1CCCC1)NC1CCN(Cc2ccc(F)cc2)CC1. The number of rotatable bonds is 7. The molecule has 3 rings (SSSR count). The van der Waals surface area contributed by atoms with E-state index in [-0.39, 0.29) is 5.82 Å². The van der Waals surface area contributed by atoms with E-state index in [4.69, 9.17) is 0 Å². The molecule has 0 amide bonds. The van der Waals surface area contributed by atoms with Crippen molar-refractivity contribution in [2.45, 2.75) is 57.2 Å². The minimum atomic E-state index is -0.167. The highest BCUT2D eigenvalue weighted by molar-refractivity contribution is 5.79. The maximum absolute atomic E-state index is 13.0. The van der Waals surface area contributed by atoms with Crippen LogP contribution in [-0.4, -0.2) is 68.1 Å². The molecule has 1 heterocycles. The van der Waals surface area contributed by atoms with Crippen LogP contribution in [0.25, 0.3) is 0 Å². The Morgan fingerprint density at radius 2 is 1.82 bits per heavy atom. The molecule has 0 bridgehead atoms. The first-order valence-corrected chi connectivity index (χ1v) is 10.8. The first-order chi connectivity index (χ1) is 13.6. The van der Waals surface area contributed by atoms with Crippen LogP contribution < -0.4 is 10.6 Å². The molecule has 5 nitrogen and oxygen atoms in total. The van der Waals surface area contributed by atoms with Crippen LogP contribution in [0.1, 0.15) is 44.1 Å². The molecule has 1 aromatic rings. The van der Waals surface area contributed by atoms with Crippen molar-refractivity contribution in [3.05, 3.63) is 35.6 Å². The van der Waals surface area contributed by atoms with Gasteiger partial charge in [-0.1, -0.05) is 25.0 Å². The number of hydrogen-bond donors (Lipinski definition) is 2. The molecule has 0 atom stereocenters. The minimum Gasteiger partial charge on any atom is -0.355 e. The number of guanidine groups is 1. The van der Waals surface area contributed by atoms with Crippen molar-refractivity contribution in [1.82, 2.24) is 20.4 Å². The molecule has 28 heavy (non-hydrogen) atoms. The van der Waals surface area contributed by atoms with Gasteiger partial charge in [0.05, 0.1) is 0 Å².